The number of nitrogens with one attached hydrogen (secondary N) is 1. The maximum Gasteiger partial charge on any atom is 0.249 e. The van der Waals surface area contributed by atoms with Crippen molar-refractivity contribution in [2.24, 2.45) is 11.8 Å². The molecule has 3 unspecified atom stereocenters. The van der Waals surface area contributed by atoms with Crippen molar-refractivity contribution in [2.45, 2.75) is 63.9 Å². The van der Waals surface area contributed by atoms with Crippen LogP contribution >= 0.6 is 11.6 Å². The van der Waals surface area contributed by atoms with Crippen LogP contribution < -0.4 is 5.32 Å². The Kier molecular flexibility index (Phi) is 7.25. The molecule has 1 aliphatic carbocycles. The normalized spacial score (nSPS) is 25.8. The number of halogens is 1. The molecule has 0 spiro atoms. The minimum atomic E-state index is -1.11. The van der Waals surface area contributed by atoms with Crippen LogP contribution in [-0.4, -0.2) is 45.6 Å². The molecular formula is C19H28ClNO4. The van der Waals surface area contributed by atoms with Crippen molar-refractivity contribution in [1.29, 1.82) is 0 Å². The summed E-state index contributed by atoms with van der Waals surface area (Å²) in [4.78, 5) is 12.4. The number of carbonyl (C=O) groups excluding carboxylic acids is 1. The van der Waals surface area contributed by atoms with E-state index in [4.69, 9.17) is 11.6 Å². The number of benzene rings is 1. The van der Waals surface area contributed by atoms with Crippen LogP contribution in [0, 0.1) is 11.8 Å². The molecule has 6 heteroatoms. The summed E-state index contributed by atoms with van der Waals surface area (Å²) in [6, 6.07) is 6.81. The van der Waals surface area contributed by atoms with Gasteiger partial charge in [-0.05, 0) is 43.2 Å². The summed E-state index contributed by atoms with van der Waals surface area (Å²) in [6.07, 6.45) is -0.747. The lowest BCUT2D eigenvalue weighted by atomic mass is 9.88. The maximum atomic E-state index is 12.4. The molecule has 1 aromatic carbocycles. The van der Waals surface area contributed by atoms with Gasteiger partial charge >= 0.3 is 0 Å². The summed E-state index contributed by atoms with van der Waals surface area (Å²) in [6.45, 7) is 3.87. The van der Waals surface area contributed by atoms with Crippen molar-refractivity contribution in [3.8, 4) is 0 Å². The minimum Gasteiger partial charge on any atom is -0.393 e. The van der Waals surface area contributed by atoms with Gasteiger partial charge in [-0.2, -0.15) is 0 Å². The van der Waals surface area contributed by atoms with Gasteiger partial charge in [0, 0.05) is 17.0 Å². The molecule has 0 aromatic heterocycles. The van der Waals surface area contributed by atoms with Gasteiger partial charge in [0.15, 0.2) is 0 Å². The summed E-state index contributed by atoms with van der Waals surface area (Å²) < 4.78 is 0. The average molecular weight is 370 g/mol. The Balaban J connectivity index is 2.17. The number of rotatable bonds is 7. The molecule has 4 atom stereocenters. The van der Waals surface area contributed by atoms with E-state index in [1.165, 1.54) is 0 Å². The van der Waals surface area contributed by atoms with E-state index in [9.17, 15) is 20.1 Å². The molecule has 0 saturated heterocycles. The fourth-order valence-electron chi connectivity index (χ4n) is 3.54. The Labute approximate surface area is 154 Å². The minimum absolute atomic E-state index is 0.186. The largest absolute Gasteiger partial charge is 0.393 e. The fraction of sp³-hybridized carbons (Fsp3) is 0.632. The summed E-state index contributed by atoms with van der Waals surface area (Å²) in [5, 5.41) is 34.0. The zero-order valence-corrected chi connectivity index (χ0v) is 15.5. The standard InChI is InChI=1S/C19H28ClNO4/c1-11(2)9-17(24)19(25)21-14(18-15(22)7-8-16(18)23)10-12-5-3-4-6-13(12)20/h3-6,11,14-18,22-24H,7-10H2,1-2H3,(H,21,25)/t14-,15?,16?,17?,18?/m0/s1. The third-order valence-corrected chi connectivity index (χ3v) is 5.20. The molecule has 140 valence electrons. The Morgan fingerprint density at radius 1 is 1.24 bits per heavy atom. The van der Waals surface area contributed by atoms with Gasteiger partial charge in [0.2, 0.25) is 5.91 Å². The molecule has 0 bridgehead atoms. The first-order valence-electron chi connectivity index (χ1n) is 8.87. The van der Waals surface area contributed by atoms with E-state index in [0.29, 0.717) is 30.7 Å². The molecule has 1 saturated carbocycles. The van der Waals surface area contributed by atoms with Crippen LogP contribution in [-0.2, 0) is 11.2 Å². The zero-order valence-electron chi connectivity index (χ0n) is 14.7. The highest BCUT2D eigenvalue weighted by Gasteiger charge is 2.40. The topological polar surface area (TPSA) is 89.8 Å². The monoisotopic (exact) mass is 369 g/mol. The lowest BCUT2D eigenvalue weighted by Gasteiger charge is -2.30. The molecule has 25 heavy (non-hydrogen) atoms. The Morgan fingerprint density at radius 2 is 1.84 bits per heavy atom. The second-order valence-electron chi connectivity index (χ2n) is 7.35. The smallest absolute Gasteiger partial charge is 0.249 e. The number of aliphatic hydroxyl groups excluding tert-OH is 3. The zero-order chi connectivity index (χ0) is 18.6. The first kappa shape index (κ1) is 20.2. The Hall–Kier alpha value is -1.14. The van der Waals surface area contributed by atoms with Gasteiger partial charge in [0.05, 0.1) is 12.2 Å². The summed E-state index contributed by atoms with van der Waals surface area (Å²) in [5.41, 5.74) is 0.833. The van der Waals surface area contributed by atoms with Gasteiger partial charge < -0.3 is 20.6 Å². The Bertz CT molecular complexity index is 570. The highest BCUT2D eigenvalue weighted by molar-refractivity contribution is 6.31. The average Bonchev–Trinajstić information content (AvgIpc) is 2.87. The van der Waals surface area contributed by atoms with Crippen molar-refractivity contribution < 1.29 is 20.1 Å². The van der Waals surface area contributed by atoms with E-state index < -0.39 is 36.2 Å². The molecule has 0 aliphatic heterocycles. The molecule has 4 N–H and O–H groups in total. The lowest BCUT2D eigenvalue weighted by molar-refractivity contribution is -0.131. The SMILES string of the molecule is CC(C)CC(O)C(=O)N[C@@H](Cc1ccccc1Cl)C1C(O)CCC1O. The highest BCUT2D eigenvalue weighted by atomic mass is 35.5. The quantitative estimate of drug-likeness (QED) is 0.591. The molecule has 1 fully saturated rings. The molecule has 1 aromatic rings. The van der Waals surface area contributed by atoms with Crippen LogP contribution in [0.2, 0.25) is 5.02 Å². The number of amides is 1. The highest BCUT2D eigenvalue weighted by Crippen LogP contribution is 2.31. The second kappa shape index (κ2) is 8.99. The van der Waals surface area contributed by atoms with E-state index >= 15 is 0 Å². The second-order valence-corrected chi connectivity index (χ2v) is 7.75. The van der Waals surface area contributed by atoms with Crippen molar-refractivity contribution in [3.05, 3.63) is 34.9 Å². The third-order valence-electron chi connectivity index (χ3n) is 4.83. The number of hydrogen-bond donors (Lipinski definition) is 4. The molecule has 1 aliphatic rings. The van der Waals surface area contributed by atoms with E-state index in [0.717, 1.165) is 5.56 Å². The third kappa shape index (κ3) is 5.42. The predicted octanol–water partition coefficient (Wildman–Crippen LogP) is 1.91. The van der Waals surface area contributed by atoms with Gasteiger partial charge in [0.1, 0.15) is 6.10 Å². The maximum absolute atomic E-state index is 12.4. The van der Waals surface area contributed by atoms with E-state index in [2.05, 4.69) is 5.32 Å². The number of carbonyl (C=O) groups is 1. The van der Waals surface area contributed by atoms with Crippen LogP contribution in [0.25, 0.3) is 0 Å². The van der Waals surface area contributed by atoms with Crippen LogP contribution in [0.1, 0.15) is 38.7 Å². The molecule has 0 heterocycles. The summed E-state index contributed by atoms with van der Waals surface area (Å²) >= 11 is 6.23. The molecule has 2 rings (SSSR count). The van der Waals surface area contributed by atoms with Crippen molar-refractivity contribution in [2.75, 3.05) is 0 Å². The lowest BCUT2D eigenvalue weighted by Crippen LogP contribution is -2.50. The van der Waals surface area contributed by atoms with E-state index in [1.807, 2.05) is 32.0 Å². The van der Waals surface area contributed by atoms with Gasteiger partial charge in [-0.15, -0.1) is 0 Å². The summed E-state index contributed by atoms with van der Waals surface area (Å²) in [7, 11) is 0. The number of aliphatic hydroxyl groups is 3. The van der Waals surface area contributed by atoms with Gasteiger partial charge in [-0.25, -0.2) is 0 Å². The van der Waals surface area contributed by atoms with Crippen molar-refractivity contribution in [1.82, 2.24) is 5.32 Å². The molecule has 1 amide bonds. The molecule has 0 radical (unpaired) electrons. The van der Waals surface area contributed by atoms with Crippen molar-refractivity contribution in [3.63, 3.8) is 0 Å². The first-order valence-corrected chi connectivity index (χ1v) is 9.25. The van der Waals surface area contributed by atoms with Crippen LogP contribution in [0.3, 0.4) is 0 Å². The van der Waals surface area contributed by atoms with Crippen LogP contribution in [0.15, 0.2) is 24.3 Å². The first-order chi connectivity index (χ1) is 11.8. The summed E-state index contributed by atoms with van der Waals surface area (Å²) in [5.74, 6) is -0.769. The fourth-order valence-corrected chi connectivity index (χ4v) is 3.75. The van der Waals surface area contributed by atoms with E-state index in [-0.39, 0.29) is 5.92 Å². The van der Waals surface area contributed by atoms with Crippen LogP contribution in [0.4, 0.5) is 0 Å². The van der Waals surface area contributed by atoms with Gasteiger partial charge in [-0.1, -0.05) is 43.6 Å². The predicted molar refractivity (Wildman–Crippen MR) is 97.3 cm³/mol. The van der Waals surface area contributed by atoms with E-state index in [1.54, 1.807) is 6.07 Å². The molecule has 5 nitrogen and oxygen atoms in total. The van der Waals surface area contributed by atoms with Gasteiger partial charge in [0.25, 0.3) is 0 Å². The van der Waals surface area contributed by atoms with Crippen molar-refractivity contribution >= 4 is 17.5 Å². The molecular weight excluding hydrogens is 342 g/mol. The van der Waals surface area contributed by atoms with Gasteiger partial charge in [-0.3, -0.25) is 4.79 Å². The number of hydrogen-bond acceptors (Lipinski definition) is 4. The van der Waals surface area contributed by atoms with Crippen LogP contribution in [0.5, 0.6) is 0 Å². The Morgan fingerprint density at radius 3 is 2.40 bits per heavy atom.